The number of ether oxygens (including phenoxy) is 17. The minimum atomic E-state index is -1.42. The van der Waals surface area contributed by atoms with Gasteiger partial charge >= 0.3 is 29.8 Å². The lowest BCUT2D eigenvalue weighted by Gasteiger charge is -2.29. The lowest BCUT2D eigenvalue weighted by Crippen LogP contribution is -2.47. The summed E-state index contributed by atoms with van der Waals surface area (Å²) in [7, 11) is 0. The number of nitrogens with one attached hydrogen (secondary N) is 3. The van der Waals surface area contributed by atoms with Crippen LogP contribution < -0.4 is 22.8 Å². The molecule has 10 aliphatic rings. The SMILES string of the molecule is CC(C)(C)OC(=O)[C@H]1O[C@@H]2OC(C)(C)O[C@@H]2[C@@H]1OC(=O)[C@H]1O[C@@H]2OC(C)(C)O[C@@H]2[C@@H]1CONOC(=O)[C@H]1O[C@@H]2OC(C)(C)O[C@@H]2[C@@H]1CONOC(=O)[C@H]1O[C@@H]2OC(C)(C)O[C@@H]2[C@@H]1CONOC(=O)[C@H]1O[C@@H]2OC(C)(C)O[C@@H]2[C@@H]1CON. The quantitative estimate of drug-likeness (QED) is 0.0487. The Balaban J connectivity index is 0.717. The van der Waals surface area contributed by atoms with Crippen LogP contribution in [-0.2, 0) is 138 Å². The third-order valence-corrected chi connectivity index (χ3v) is 14.2. The zero-order valence-electron chi connectivity index (χ0n) is 46.8. The Morgan fingerprint density at radius 1 is 0.395 bits per heavy atom. The topological polar surface area (TPSA) is 369 Å². The summed E-state index contributed by atoms with van der Waals surface area (Å²) in [6.45, 7) is 20.3. The fourth-order valence-electron chi connectivity index (χ4n) is 11.2. The zero-order valence-corrected chi connectivity index (χ0v) is 46.8. The first kappa shape index (κ1) is 60.5. The molecular weight excluding hydrogens is 1100 g/mol. The molecule has 10 fully saturated rings. The molecule has 0 spiro atoms. The van der Waals surface area contributed by atoms with Crippen molar-refractivity contribution in [3.05, 3.63) is 0 Å². The van der Waals surface area contributed by atoms with Crippen molar-refractivity contribution in [2.24, 2.45) is 29.6 Å². The van der Waals surface area contributed by atoms with Gasteiger partial charge < -0.3 is 99.9 Å². The highest BCUT2D eigenvalue weighted by Crippen LogP contribution is 2.46. The van der Waals surface area contributed by atoms with E-state index in [1.54, 1.807) is 90.0 Å². The fraction of sp³-hybridized carbons (Fsp3) is 0.896. The number of carbonyl (C=O) groups is 5. The zero-order chi connectivity index (χ0) is 58.4. The average molecular weight is 1170 g/mol. The van der Waals surface area contributed by atoms with Gasteiger partial charge in [0.25, 0.3) is 0 Å². The molecule has 33 heteroatoms. The lowest BCUT2D eigenvalue weighted by atomic mass is 9.99. The monoisotopic (exact) mass is 1170 g/mol. The molecule has 0 saturated carbocycles. The number of nitrogens with two attached hydrogens (primary N) is 1. The number of hydrogen-bond donors (Lipinski definition) is 4. The van der Waals surface area contributed by atoms with Crippen LogP contribution in [0.1, 0.15) is 90.0 Å². The Kier molecular flexibility index (Phi) is 17.0. The molecule has 10 heterocycles. The number of esters is 2. The molecule has 20 atom stereocenters. The van der Waals surface area contributed by atoms with Crippen LogP contribution in [0.2, 0.25) is 0 Å². The standard InChI is InChI=1S/C48H72N4O29/c1-43(2,3)73-34(54)31-30(32-42(67-31)78-48(12,13)72-32)62-33(53)22-19(27-39(63-22)75-45(6,7)69-27)15-59-50-80-36(56)24-21(29-41(65-24)77-47(10,11)71-29)17-61-52-81-37(57)25-20(28-40(66-25)76-46(8,9)70-28)16-60-51-79-35(55)23-18(14-58-49)26-38(64-23)74-44(4,5)68-26/h18-32,38-42,50-52H,14-17,49H2,1-13H3/t18-,19-,20-,21-,22+,23+,24+,25+,26-,27-,28-,29-,30-,31+,32-,38-,39-,40-,41-,42-/m1/s1. The largest absolute Gasteiger partial charge is 0.458 e. The van der Waals surface area contributed by atoms with Crippen LogP contribution in [0, 0.1) is 23.7 Å². The molecule has 458 valence electrons. The van der Waals surface area contributed by atoms with Gasteiger partial charge in [0.05, 0.1) is 50.1 Å². The fourth-order valence-corrected chi connectivity index (χ4v) is 11.2. The minimum absolute atomic E-state index is 0.112. The maximum atomic E-state index is 14.1. The Bertz CT molecular complexity index is 2340. The van der Waals surface area contributed by atoms with E-state index in [9.17, 15) is 24.0 Å². The van der Waals surface area contributed by atoms with Gasteiger partial charge in [-0.05, 0) is 107 Å². The Morgan fingerprint density at radius 2 is 0.679 bits per heavy atom. The van der Waals surface area contributed by atoms with E-state index >= 15 is 0 Å². The van der Waals surface area contributed by atoms with Gasteiger partial charge in [0.2, 0.25) is 0 Å². The second-order valence-electron chi connectivity index (χ2n) is 24.0. The number of fused-ring (bicyclic) bond motifs is 5. The number of rotatable bonds is 20. The summed E-state index contributed by atoms with van der Waals surface area (Å²) < 4.78 is 100. The van der Waals surface area contributed by atoms with Gasteiger partial charge in [0, 0.05) is 0 Å². The molecule has 0 radical (unpaired) electrons. The molecule has 5 N–H and O–H groups in total. The molecule has 10 rings (SSSR count). The molecular formula is C48H72N4O29. The third kappa shape index (κ3) is 13.2. The van der Waals surface area contributed by atoms with Crippen molar-refractivity contribution in [3.8, 4) is 0 Å². The molecule has 33 nitrogen and oxygen atoms in total. The minimum Gasteiger partial charge on any atom is -0.458 e. The first-order chi connectivity index (χ1) is 37.9. The van der Waals surface area contributed by atoms with Crippen molar-refractivity contribution in [2.45, 2.75) is 223 Å². The van der Waals surface area contributed by atoms with E-state index in [1.165, 1.54) is 0 Å². The third-order valence-electron chi connectivity index (χ3n) is 14.2. The predicted octanol–water partition coefficient (Wildman–Crippen LogP) is -1.08. The van der Waals surface area contributed by atoms with Crippen molar-refractivity contribution < 1.29 is 138 Å². The summed E-state index contributed by atoms with van der Waals surface area (Å²) in [4.78, 5) is 105. The van der Waals surface area contributed by atoms with E-state index in [0.717, 1.165) is 0 Å². The average Bonchev–Trinajstić information content (AvgIpc) is 4.41. The van der Waals surface area contributed by atoms with Gasteiger partial charge in [-0.15, -0.1) is 0 Å². The predicted molar refractivity (Wildman–Crippen MR) is 249 cm³/mol. The summed E-state index contributed by atoms with van der Waals surface area (Å²) in [6.07, 6.45) is -17.6. The van der Waals surface area contributed by atoms with E-state index in [-0.39, 0.29) is 13.2 Å². The van der Waals surface area contributed by atoms with E-state index < -0.39 is 200 Å². The van der Waals surface area contributed by atoms with E-state index in [1.807, 2.05) is 0 Å². The van der Waals surface area contributed by atoms with E-state index in [4.69, 9.17) is 120 Å². The summed E-state index contributed by atoms with van der Waals surface area (Å²) in [5, 5.41) is 0. The smallest absolute Gasteiger partial charge is 0.356 e. The first-order valence-electron chi connectivity index (χ1n) is 26.4. The van der Waals surface area contributed by atoms with Crippen LogP contribution in [0.3, 0.4) is 0 Å². The van der Waals surface area contributed by atoms with Crippen LogP contribution in [0.15, 0.2) is 0 Å². The highest BCUT2D eigenvalue weighted by molar-refractivity contribution is 5.80. The molecule has 0 aliphatic carbocycles. The molecule has 0 aromatic carbocycles. The maximum absolute atomic E-state index is 14.1. The molecule has 0 aromatic rings. The van der Waals surface area contributed by atoms with Gasteiger partial charge in [-0.1, -0.05) is 0 Å². The molecule has 10 aliphatic heterocycles. The van der Waals surface area contributed by atoms with Crippen LogP contribution in [0.5, 0.6) is 0 Å². The summed E-state index contributed by atoms with van der Waals surface area (Å²) in [5.74, 6) is -8.31. The number of hydrogen-bond acceptors (Lipinski definition) is 33. The maximum Gasteiger partial charge on any atom is 0.356 e. The highest BCUT2D eigenvalue weighted by Gasteiger charge is 2.64. The molecule has 81 heavy (non-hydrogen) atoms. The highest BCUT2D eigenvalue weighted by atomic mass is 16.9. The van der Waals surface area contributed by atoms with Crippen molar-refractivity contribution in [1.29, 1.82) is 0 Å². The van der Waals surface area contributed by atoms with Crippen molar-refractivity contribution in [1.82, 2.24) is 16.9 Å². The summed E-state index contributed by atoms with van der Waals surface area (Å²) in [6, 6.07) is 0. The van der Waals surface area contributed by atoms with Crippen molar-refractivity contribution >= 4 is 29.8 Å². The van der Waals surface area contributed by atoms with Crippen molar-refractivity contribution in [2.75, 3.05) is 26.4 Å². The van der Waals surface area contributed by atoms with Crippen LogP contribution >= 0.6 is 0 Å². The van der Waals surface area contributed by atoms with Crippen LogP contribution in [-0.4, -0.2) is 189 Å². The molecule has 0 unspecified atom stereocenters. The lowest BCUT2D eigenvalue weighted by molar-refractivity contribution is -0.246. The molecule has 0 amide bonds. The molecule has 0 aromatic heterocycles. The van der Waals surface area contributed by atoms with E-state index in [0.29, 0.717) is 0 Å². The second kappa shape index (κ2) is 22.7. The Labute approximate surface area is 463 Å². The second-order valence-corrected chi connectivity index (χ2v) is 24.0. The molecule has 0 bridgehead atoms. The normalized spacial score (nSPS) is 41.5. The summed E-state index contributed by atoms with van der Waals surface area (Å²) in [5.41, 5.74) is 5.49. The van der Waals surface area contributed by atoms with Gasteiger partial charge in [-0.3, -0.25) is 14.5 Å². The van der Waals surface area contributed by atoms with Crippen LogP contribution in [0.4, 0.5) is 0 Å². The summed E-state index contributed by atoms with van der Waals surface area (Å²) >= 11 is 0. The van der Waals surface area contributed by atoms with Crippen LogP contribution in [0.25, 0.3) is 0 Å². The first-order valence-corrected chi connectivity index (χ1v) is 26.4. The van der Waals surface area contributed by atoms with Crippen molar-refractivity contribution in [3.63, 3.8) is 0 Å². The van der Waals surface area contributed by atoms with Gasteiger partial charge in [-0.25, -0.2) is 29.9 Å². The van der Waals surface area contributed by atoms with Gasteiger partial charge in [0.15, 0.2) is 103 Å². The van der Waals surface area contributed by atoms with E-state index in [2.05, 4.69) is 16.9 Å². The number of carbonyl (C=O) groups excluding carboxylic acids is 5. The Hall–Kier alpha value is -3.57. The van der Waals surface area contributed by atoms with Gasteiger partial charge in [0.1, 0.15) is 30.0 Å². The van der Waals surface area contributed by atoms with Gasteiger partial charge in [-0.2, -0.15) is 0 Å². The Morgan fingerprint density at radius 3 is 1.00 bits per heavy atom. The molecule has 10 saturated heterocycles.